The normalized spacial score (nSPS) is 35.0. The number of likely N-dealkylation sites (tertiary alicyclic amines) is 1. The molecule has 2 nitrogen and oxygen atoms in total. The lowest BCUT2D eigenvalue weighted by Crippen LogP contribution is -2.62. The molecule has 2 atom stereocenters. The summed E-state index contributed by atoms with van der Waals surface area (Å²) in [6.07, 6.45) is 1.38. The summed E-state index contributed by atoms with van der Waals surface area (Å²) in [5.74, 6) is 4.44. The van der Waals surface area contributed by atoms with Crippen LogP contribution in [0.2, 0.25) is 0 Å². The van der Waals surface area contributed by atoms with Crippen LogP contribution in [0.3, 0.4) is 0 Å². The molecule has 1 saturated carbocycles. The first-order chi connectivity index (χ1) is 9.70. The van der Waals surface area contributed by atoms with E-state index in [9.17, 15) is 0 Å². The number of methoxy groups -OCH3 is 1. The Morgan fingerprint density at radius 1 is 1.30 bits per heavy atom. The minimum atomic E-state index is 0.335. The van der Waals surface area contributed by atoms with Gasteiger partial charge in [0.05, 0.1) is 11.2 Å². The van der Waals surface area contributed by atoms with Gasteiger partial charge in [0.1, 0.15) is 5.75 Å². The summed E-state index contributed by atoms with van der Waals surface area (Å²) in [7, 11) is 4.04. The summed E-state index contributed by atoms with van der Waals surface area (Å²) in [4.78, 5) is 2.53. The molecule has 1 aliphatic carbocycles. The number of rotatable bonds is 2. The Balaban J connectivity index is 1.81. The third-order valence-corrected chi connectivity index (χ3v) is 9.06. The number of nitrogens with zero attached hydrogens (tertiary/aromatic N) is 1. The molecule has 3 fully saturated rings. The maximum absolute atomic E-state index is 5.47. The Bertz CT molecular complexity index is 529. The first-order valence-corrected chi connectivity index (χ1v) is 9.28. The number of benzene rings is 1. The number of likely N-dealkylation sites (N-methyl/N-ethyl adjacent to an activating group) is 1. The van der Waals surface area contributed by atoms with Crippen molar-refractivity contribution in [2.24, 2.45) is 5.92 Å². The molecule has 2 heterocycles. The van der Waals surface area contributed by atoms with Gasteiger partial charge in [0.15, 0.2) is 0 Å². The molecule has 4 rings (SSSR count). The van der Waals surface area contributed by atoms with E-state index >= 15 is 0 Å². The molecule has 2 unspecified atom stereocenters. The Morgan fingerprint density at radius 2 is 2.10 bits per heavy atom. The van der Waals surface area contributed by atoms with Gasteiger partial charge in [0, 0.05) is 30.0 Å². The van der Waals surface area contributed by atoms with Gasteiger partial charge in [0.2, 0.25) is 0 Å². The number of fused-ring (bicyclic) bond motifs is 2. The zero-order valence-electron chi connectivity index (χ0n) is 12.1. The summed E-state index contributed by atoms with van der Waals surface area (Å²) in [6, 6.07) is 8.84. The predicted molar refractivity (Wildman–Crippen MR) is 87.9 cm³/mol. The van der Waals surface area contributed by atoms with Gasteiger partial charge in [-0.1, -0.05) is 12.1 Å². The van der Waals surface area contributed by atoms with Crippen LogP contribution in [0.5, 0.6) is 5.75 Å². The summed E-state index contributed by atoms with van der Waals surface area (Å²) in [5.41, 5.74) is 1.83. The zero-order chi connectivity index (χ0) is 13.8. The van der Waals surface area contributed by atoms with Gasteiger partial charge in [-0.3, -0.25) is 0 Å². The fourth-order valence-electron chi connectivity index (χ4n) is 4.47. The highest BCUT2D eigenvalue weighted by atomic mass is 32.2. The first kappa shape index (κ1) is 13.4. The van der Waals surface area contributed by atoms with Crippen LogP contribution >= 0.6 is 23.5 Å². The Labute approximate surface area is 129 Å². The van der Waals surface area contributed by atoms with E-state index in [4.69, 9.17) is 4.74 Å². The average molecular weight is 307 g/mol. The van der Waals surface area contributed by atoms with E-state index < -0.39 is 0 Å². The molecule has 0 N–H and O–H groups in total. The number of thioether (sulfide) groups is 2. The van der Waals surface area contributed by atoms with Crippen LogP contribution in [-0.2, 0) is 5.41 Å². The molecule has 0 amide bonds. The van der Waals surface area contributed by atoms with E-state index in [0.717, 1.165) is 11.7 Å². The van der Waals surface area contributed by atoms with Gasteiger partial charge in [0.25, 0.3) is 0 Å². The van der Waals surface area contributed by atoms with Crippen molar-refractivity contribution in [3.63, 3.8) is 0 Å². The van der Waals surface area contributed by atoms with Gasteiger partial charge >= 0.3 is 0 Å². The molecule has 1 aromatic carbocycles. The van der Waals surface area contributed by atoms with Crippen molar-refractivity contribution in [3.05, 3.63) is 29.8 Å². The highest BCUT2D eigenvalue weighted by Crippen LogP contribution is 2.72. The zero-order valence-corrected chi connectivity index (χ0v) is 13.7. The number of ether oxygens (including phenoxy) is 1. The van der Waals surface area contributed by atoms with E-state index in [1.165, 1.54) is 36.6 Å². The minimum Gasteiger partial charge on any atom is -0.497 e. The largest absolute Gasteiger partial charge is 0.497 e. The van der Waals surface area contributed by atoms with Crippen molar-refractivity contribution in [2.75, 3.05) is 38.8 Å². The van der Waals surface area contributed by atoms with Crippen LogP contribution in [-0.4, -0.2) is 47.7 Å². The monoisotopic (exact) mass is 307 g/mol. The predicted octanol–water partition coefficient (Wildman–Crippen LogP) is 3.07. The van der Waals surface area contributed by atoms with Crippen LogP contribution in [0.25, 0.3) is 0 Å². The summed E-state index contributed by atoms with van der Waals surface area (Å²) < 4.78 is 5.89. The summed E-state index contributed by atoms with van der Waals surface area (Å²) in [5, 5.41) is 0. The molecule has 2 saturated heterocycles. The smallest absolute Gasteiger partial charge is 0.119 e. The average Bonchev–Trinajstić information content (AvgIpc) is 3.04. The van der Waals surface area contributed by atoms with E-state index in [-0.39, 0.29) is 0 Å². The summed E-state index contributed by atoms with van der Waals surface area (Å²) >= 11 is 4.43. The maximum atomic E-state index is 5.47. The Hall–Kier alpha value is -0.320. The highest BCUT2D eigenvalue weighted by Gasteiger charge is 2.70. The highest BCUT2D eigenvalue weighted by molar-refractivity contribution is 8.21. The van der Waals surface area contributed by atoms with Crippen molar-refractivity contribution in [1.29, 1.82) is 0 Å². The van der Waals surface area contributed by atoms with Crippen LogP contribution in [0.15, 0.2) is 24.3 Å². The van der Waals surface area contributed by atoms with E-state index in [1.807, 2.05) is 0 Å². The van der Waals surface area contributed by atoms with E-state index in [2.05, 4.69) is 59.7 Å². The van der Waals surface area contributed by atoms with Gasteiger partial charge < -0.3 is 9.64 Å². The topological polar surface area (TPSA) is 12.5 Å². The van der Waals surface area contributed by atoms with Gasteiger partial charge in [-0.05, 0) is 37.1 Å². The minimum absolute atomic E-state index is 0.335. The van der Waals surface area contributed by atoms with Crippen molar-refractivity contribution in [2.45, 2.75) is 15.9 Å². The third-order valence-electron chi connectivity index (χ3n) is 5.28. The molecular formula is C16H21NOS2. The molecule has 108 valence electrons. The molecule has 1 spiro atoms. The molecule has 0 bridgehead atoms. The van der Waals surface area contributed by atoms with Gasteiger partial charge in [-0.2, -0.15) is 0 Å². The molecule has 3 aliphatic rings. The third kappa shape index (κ3) is 1.59. The van der Waals surface area contributed by atoms with Crippen LogP contribution < -0.4 is 4.74 Å². The van der Waals surface area contributed by atoms with Crippen LogP contribution in [0.4, 0.5) is 0 Å². The molecule has 0 aromatic heterocycles. The number of hydrogen-bond donors (Lipinski definition) is 0. The quantitative estimate of drug-likeness (QED) is 0.832. The fourth-order valence-corrected chi connectivity index (χ4v) is 8.49. The second kappa shape index (κ2) is 4.59. The standard InChI is InChI=1S/C16H21NOS2/c1-17-10-13-9-16(19-6-7-20-16)15(13,11-17)12-4-3-5-14(8-12)18-2/h3-5,8,13H,6-7,9-11H2,1-2H3. The number of hydrogen-bond acceptors (Lipinski definition) is 4. The fraction of sp³-hybridized carbons (Fsp3) is 0.625. The Kier molecular flexibility index (Phi) is 3.06. The molecule has 0 radical (unpaired) electrons. The van der Waals surface area contributed by atoms with Gasteiger partial charge in [-0.15, -0.1) is 23.5 Å². The molecule has 4 heteroatoms. The van der Waals surface area contributed by atoms with Crippen molar-refractivity contribution in [3.8, 4) is 5.75 Å². The lowest BCUT2D eigenvalue weighted by atomic mass is 9.57. The lowest BCUT2D eigenvalue weighted by molar-refractivity contribution is 0.172. The molecule has 1 aromatic rings. The van der Waals surface area contributed by atoms with Crippen molar-refractivity contribution in [1.82, 2.24) is 4.90 Å². The van der Waals surface area contributed by atoms with Crippen LogP contribution in [0, 0.1) is 5.92 Å². The van der Waals surface area contributed by atoms with Gasteiger partial charge in [-0.25, -0.2) is 0 Å². The Morgan fingerprint density at radius 3 is 2.80 bits per heavy atom. The lowest BCUT2D eigenvalue weighted by Gasteiger charge is -2.59. The SMILES string of the molecule is COc1cccc(C23CN(C)CC2CC32SCCS2)c1. The van der Waals surface area contributed by atoms with Crippen LogP contribution in [0.1, 0.15) is 12.0 Å². The molecule has 20 heavy (non-hydrogen) atoms. The van der Waals surface area contributed by atoms with Crippen molar-refractivity contribution >= 4 is 23.5 Å². The summed E-state index contributed by atoms with van der Waals surface area (Å²) in [6.45, 7) is 2.45. The second-order valence-corrected chi connectivity index (χ2v) is 9.30. The van der Waals surface area contributed by atoms with E-state index in [0.29, 0.717) is 9.49 Å². The molecular weight excluding hydrogens is 286 g/mol. The van der Waals surface area contributed by atoms with E-state index in [1.54, 1.807) is 7.11 Å². The maximum Gasteiger partial charge on any atom is 0.119 e. The second-order valence-electron chi connectivity index (χ2n) is 6.25. The molecule has 2 aliphatic heterocycles. The first-order valence-electron chi connectivity index (χ1n) is 7.31. The van der Waals surface area contributed by atoms with Crippen molar-refractivity contribution < 1.29 is 4.74 Å².